The van der Waals surface area contributed by atoms with Crippen molar-refractivity contribution >= 4 is 20.8 Å². The zero-order valence-corrected chi connectivity index (χ0v) is 13.1. The van der Waals surface area contributed by atoms with Crippen molar-refractivity contribution in [2.24, 2.45) is 0 Å². The second-order valence-electron chi connectivity index (χ2n) is 4.09. The zero-order chi connectivity index (χ0) is 15.9. The Kier molecular flexibility index (Phi) is 6.98. The number of aliphatic hydroxyl groups is 1. The average molecular weight is 333 g/mol. The van der Waals surface area contributed by atoms with Crippen LogP contribution in [-0.4, -0.2) is 42.9 Å². The van der Waals surface area contributed by atoms with Gasteiger partial charge in [-0.25, -0.2) is 17.5 Å². The molecule has 1 atom stereocenters. The molecule has 0 fully saturated rings. The Morgan fingerprint density at radius 3 is 2.76 bits per heavy atom. The molecule has 116 valence electrons. The van der Waals surface area contributed by atoms with Crippen LogP contribution in [-0.2, 0) is 20.8 Å². The summed E-state index contributed by atoms with van der Waals surface area (Å²) >= 11 is 0. The van der Waals surface area contributed by atoms with Crippen LogP contribution in [0, 0.1) is 17.7 Å². The fraction of sp³-hybridized carbons (Fsp3) is 0.385. The first-order valence-corrected chi connectivity index (χ1v) is 9.27. The molecule has 21 heavy (non-hydrogen) atoms. The van der Waals surface area contributed by atoms with Crippen LogP contribution < -0.4 is 4.72 Å². The largest absolute Gasteiger partial charge is 0.395 e. The second-order valence-corrected chi connectivity index (χ2v) is 7.38. The monoisotopic (exact) mass is 333 g/mol. The van der Waals surface area contributed by atoms with E-state index in [9.17, 15) is 17.0 Å². The fourth-order valence-electron chi connectivity index (χ4n) is 1.45. The number of rotatable bonds is 6. The molecular formula is C13H16FNO4S2. The summed E-state index contributed by atoms with van der Waals surface area (Å²) in [7, 11) is -4.97. The minimum atomic E-state index is -3.86. The van der Waals surface area contributed by atoms with Crippen molar-refractivity contribution in [3.05, 3.63) is 29.6 Å². The van der Waals surface area contributed by atoms with Gasteiger partial charge in [-0.1, -0.05) is 11.8 Å². The van der Waals surface area contributed by atoms with Gasteiger partial charge in [0.2, 0.25) is 10.0 Å². The Morgan fingerprint density at radius 2 is 2.14 bits per heavy atom. The van der Waals surface area contributed by atoms with Crippen molar-refractivity contribution in [1.29, 1.82) is 0 Å². The first kappa shape index (κ1) is 17.8. The minimum absolute atomic E-state index is 0.0202. The van der Waals surface area contributed by atoms with Gasteiger partial charge in [-0.3, -0.25) is 4.21 Å². The van der Waals surface area contributed by atoms with Crippen molar-refractivity contribution < 1.29 is 22.1 Å². The number of halogens is 1. The van der Waals surface area contributed by atoms with Crippen LogP contribution in [0.2, 0.25) is 0 Å². The molecule has 0 bridgehead atoms. The first-order chi connectivity index (χ1) is 9.86. The number of nitrogens with one attached hydrogen (secondary N) is 1. The minimum Gasteiger partial charge on any atom is -0.395 e. The molecule has 0 aromatic heterocycles. The van der Waals surface area contributed by atoms with Crippen LogP contribution in [0.4, 0.5) is 4.39 Å². The lowest BCUT2D eigenvalue weighted by molar-refractivity contribution is 0.305. The fourth-order valence-corrected chi connectivity index (χ4v) is 3.14. The van der Waals surface area contributed by atoms with Gasteiger partial charge in [-0.15, -0.1) is 0 Å². The maximum Gasteiger partial charge on any atom is 0.241 e. The van der Waals surface area contributed by atoms with Crippen LogP contribution in [0.1, 0.15) is 12.0 Å². The maximum absolute atomic E-state index is 13.2. The Balaban J connectivity index is 3.05. The summed E-state index contributed by atoms with van der Waals surface area (Å²) in [6.45, 7) is -0.142. The summed E-state index contributed by atoms with van der Waals surface area (Å²) in [6.07, 6.45) is 1.64. The molecule has 1 aromatic carbocycles. The maximum atomic E-state index is 13.2. The first-order valence-electron chi connectivity index (χ1n) is 6.06. The predicted octanol–water partition coefficient (Wildman–Crippen LogP) is 0.216. The normalized spacial score (nSPS) is 12.5. The van der Waals surface area contributed by atoms with Gasteiger partial charge in [0.25, 0.3) is 0 Å². The molecule has 0 heterocycles. The van der Waals surface area contributed by atoms with Crippen molar-refractivity contribution in [3.8, 4) is 11.8 Å². The van der Waals surface area contributed by atoms with E-state index in [-0.39, 0.29) is 35.8 Å². The Hall–Kier alpha value is -1.27. The van der Waals surface area contributed by atoms with Gasteiger partial charge in [0.15, 0.2) is 0 Å². The molecule has 2 N–H and O–H groups in total. The summed E-state index contributed by atoms with van der Waals surface area (Å²) in [4.78, 5) is -0.142. The molecule has 0 aliphatic heterocycles. The molecule has 5 nitrogen and oxygen atoms in total. The smallest absolute Gasteiger partial charge is 0.241 e. The second kappa shape index (κ2) is 8.24. The van der Waals surface area contributed by atoms with Crippen LogP contribution in [0.3, 0.4) is 0 Å². The number of aliphatic hydroxyl groups excluding tert-OH is 1. The topological polar surface area (TPSA) is 83.5 Å². The van der Waals surface area contributed by atoms with E-state index in [1.807, 2.05) is 0 Å². The molecule has 1 rings (SSSR count). The number of sulfonamides is 1. The van der Waals surface area contributed by atoms with Gasteiger partial charge in [0, 0.05) is 41.3 Å². The lowest BCUT2D eigenvalue weighted by Gasteiger charge is -2.08. The highest BCUT2D eigenvalue weighted by Gasteiger charge is 2.18. The van der Waals surface area contributed by atoms with Crippen molar-refractivity contribution in [2.75, 3.05) is 25.2 Å². The standard InChI is InChI=1S/C13H16FNO4S2/c1-20(17)9-7-15-21(18,19)13-6-5-12(14)10-11(13)4-2-3-8-16/h5-6,10,15-16H,3,7-9H2,1H3. The summed E-state index contributed by atoms with van der Waals surface area (Å²) in [5, 5.41) is 8.66. The van der Waals surface area contributed by atoms with E-state index < -0.39 is 26.6 Å². The van der Waals surface area contributed by atoms with Gasteiger partial charge < -0.3 is 5.11 Å². The molecule has 1 aromatic rings. The van der Waals surface area contributed by atoms with Gasteiger partial charge in [0.1, 0.15) is 5.82 Å². The molecule has 0 aliphatic rings. The van der Waals surface area contributed by atoms with E-state index in [0.717, 1.165) is 18.2 Å². The summed E-state index contributed by atoms with van der Waals surface area (Å²) < 4.78 is 50.7. The van der Waals surface area contributed by atoms with Gasteiger partial charge in [-0.05, 0) is 18.2 Å². The highest BCUT2D eigenvalue weighted by atomic mass is 32.2. The highest BCUT2D eigenvalue weighted by molar-refractivity contribution is 7.89. The summed E-state index contributed by atoms with van der Waals surface area (Å²) in [5.74, 6) is 4.68. The Morgan fingerprint density at radius 1 is 1.43 bits per heavy atom. The lowest BCUT2D eigenvalue weighted by Crippen LogP contribution is -2.28. The van der Waals surface area contributed by atoms with Crippen molar-refractivity contribution in [3.63, 3.8) is 0 Å². The third-order valence-electron chi connectivity index (χ3n) is 2.37. The molecule has 1 unspecified atom stereocenters. The van der Waals surface area contributed by atoms with Crippen LogP contribution in [0.25, 0.3) is 0 Å². The number of hydrogen-bond donors (Lipinski definition) is 2. The van der Waals surface area contributed by atoms with Gasteiger partial charge in [-0.2, -0.15) is 0 Å². The van der Waals surface area contributed by atoms with Gasteiger partial charge >= 0.3 is 0 Å². The summed E-state index contributed by atoms with van der Waals surface area (Å²) in [6, 6.07) is 3.18. The predicted molar refractivity (Wildman–Crippen MR) is 79.1 cm³/mol. The van der Waals surface area contributed by atoms with Crippen LogP contribution >= 0.6 is 0 Å². The SMILES string of the molecule is CS(=O)CCNS(=O)(=O)c1ccc(F)cc1C#CCCO. The van der Waals surface area contributed by atoms with E-state index in [4.69, 9.17) is 5.11 Å². The van der Waals surface area contributed by atoms with E-state index in [2.05, 4.69) is 16.6 Å². The molecule has 0 spiro atoms. The van der Waals surface area contributed by atoms with E-state index in [0.29, 0.717) is 0 Å². The lowest BCUT2D eigenvalue weighted by atomic mass is 10.2. The van der Waals surface area contributed by atoms with E-state index in [1.165, 1.54) is 6.26 Å². The van der Waals surface area contributed by atoms with Crippen molar-refractivity contribution in [2.45, 2.75) is 11.3 Å². The van der Waals surface area contributed by atoms with Gasteiger partial charge in [0.05, 0.1) is 11.5 Å². The average Bonchev–Trinajstić information content (AvgIpc) is 2.38. The Bertz CT molecular complexity index is 677. The quantitative estimate of drug-likeness (QED) is 0.730. The van der Waals surface area contributed by atoms with Crippen LogP contribution in [0.15, 0.2) is 23.1 Å². The third kappa shape index (κ3) is 5.93. The molecule has 0 saturated carbocycles. The molecule has 8 heteroatoms. The van der Waals surface area contributed by atoms with E-state index in [1.54, 1.807) is 0 Å². The number of benzene rings is 1. The summed E-state index contributed by atoms with van der Waals surface area (Å²) in [5.41, 5.74) is 0.0218. The number of hydrogen-bond acceptors (Lipinski definition) is 4. The van der Waals surface area contributed by atoms with Crippen molar-refractivity contribution in [1.82, 2.24) is 4.72 Å². The Labute approximate surface area is 126 Å². The van der Waals surface area contributed by atoms with E-state index >= 15 is 0 Å². The highest BCUT2D eigenvalue weighted by Crippen LogP contribution is 2.16. The zero-order valence-electron chi connectivity index (χ0n) is 11.4. The van der Waals surface area contributed by atoms with Crippen LogP contribution in [0.5, 0.6) is 0 Å². The molecule has 0 amide bonds. The molecule has 0 saturated heterocycles. The third-order valence-corrected chi connectivity index (χ3v) is 4.67. The molecule has 0 radical (unpaired) electrons. The molecular weight excluding hydrogens is 317 g/mol. The molecule has 0 aliphatic carbocycles.